The number of carbonyl (C=O) groups excluding carboxylic acids is 1. The Morgan fingerprint density at radius 2 is 1.96 bits per heavy atom. The monoisotopic (exact) mass is 375 g/mol. The van der Waals surface area contributed by atoms with Gasteiger partial charge in [-0.2, -0.15) is 0 Å². The van der Waals surface area contributed by atoms with E-state index < -0.39 is 33.7 Å². The van der Waals surface area contributed by atoms with Crippen molar-refractivity contribution in [2.45, 2.75) is 33.4 Å². The van der Waals surface area contributed by atoms with E-state index in [-0.39, 0.29) is 13.2 Å². The summed E-state index contributed by atoms with van der Waals surface area (Å²) in [6.07, 6.45) is -0.175. The van der Waals surface area contributed by atoms with Gasteiger partial charge in [-0.1, -0.05) is 12.1 Å². The summed E-state index contributed by atoms with van der Waals surface area (Å²) in [7, 11) is 0. The van der Waals surface area contributed by atoms with E-state index in [4.69, 9.17) is 10.5 Å². The first-order valence-electron chi connectivity index (χ1n) is 8.18. The highest BCUT2D eigenvalue weighted by Gasteiger charge is 2.19. The van der Waals surface area contributed by atoms with Crippen LogP contribution in [0.1, 0.15) is 27.0 Å². The van der Waals surface area contributed by atoms with Crippen molar-refractivity contribution in [2.75, 3.05) is 6.61 Å². The van der Waals surface area contributed by atoms with E-state index in [2.05, 4.69) is 0 Å². The average molecular weight is 375 g/mol. The van der Waals surface area contributed by atoms with Gasteiger partial charge in [0.15, 0.2) is 0 Å². The normalized spacial score (nSPS) is 11.9. The molecule has 2 rings (SSSR count). The molecule has 0 unspecified atom stereocenters. The zero-order valence-electron chi connectivity index (χ0n) is 15.3. The Labute approximate surface area is 155 Å². The molecule has 0 radical (unpaired) electrons. The Hall–Kier alpha value is -3.20. The maximum Gasteiger partial charge on any atom is 0.286 e. The molecule has 1 heterocycles. The van der Waals surface area contributed by atoms with Crippen LogP contribution in [0.15, 0.2) is 29.2 Å². The van der Waals surface area contributed by atoms with Gasteiger partial charge in [0.05, 0.1) is 17.7 Å². The van der Waals surface area contributed by atoms with Gasteiger partial charge < -0.3 is 20.1 Å². The molecule has 0 fully saturated rings. The standard InChI is InChI=1S/C18H21N3O6/c1-10-4-5-11(2)16(12(10)3)27-9-14(22)8-20-7-13(21(25)26)6-15(17(19)23)18(20)24/h4-7,14,22H,8-9H2,1-3H3,(H2,19,23)/t14-/m1/s1. The minimum absolute atomic E-state index is 0.133. The van der Waals surface area contributed by atoms with E-state index >= 15 is 0 Å². The summed E-state index contributed by atoms with van der Waals surface area (Å²) in [4.78, 5) is 33.8. The molecule has 0 bridgehead atoms. The number of ether oxygens (including phenoxy) is 1. The molecule has 9 heteroatoms. The Bertz CT molecular complexity index is 951. The number of pyridine rings is 1. The lowest BCUT2D eigenvalue weighted by Gasteiger charge is -2.17. The number of nitro groups is 1. The summed E-state index contributed by atoms with van der Waals surface area (Å²) >= 11 is 0. The van der Waals surface area contributed by atoms with Gasteiger partial charge in [-0.25, -0.2) is 0 Å². The topological polar surface area (TPSA) is 138 Å². The lowest BCUT2D eigenvalue weighted by atomic mass is 10.1. The first-order valence-corrected chi connectivity index (χ1v) is 8.18. The molecule has 2 aromatic rings. The Balaban J connectivity index is 2.22. The van der Waals surface area contributed by atoms with E-state index in [0.29, 0.717) is 5.75 Å². The highest BCUT2D eigenvalue weighted by Crippen LogP contribution is 2.25. The molecule has 1 aromatic carbocycles. The van der Waals surface area contributed by atoms with E-state index in [1.165, 1.54) is 0 Å². The SMILES string of the molecule is Cc1ccc(C)c(OC[C@H](O)Cn2cc([N+](=O)[O-])cc(C(N)=O)c2=O)c1C. The first kappa shape index (κ1) is 20.1. The highest BCUT2D eigenvalue weighted by atomic mass is 16.6. The average Bonchev–Trinajstić information content (AvgIpc) is 2.59. The third-order valence-corrected chi connectivity index (χ3v) is 4.25. The highest BCUT2D eigenvalue weighted by molar-refractivity contribution is 5.92. The zero-order chi connectivity index (χ0) is 20.3. The van der Waals surface area contributed by atoms with E-state index in [1.807, 2.05) is 32.9 Å². The molecule has 0 saturated carbocycles. The van der Waals surface area contributed by atoms with Gasteiger partial charge in [-0.05, 0) is 37.5 Å². The minimum Gasteiger partial charge on any atom is -0.490 e. The molecule has 3 N–H and O–H groups in total. The number of amides is 1. The number of rotatable bonds is 7. The second-order valence-electron chi connectivity index (χ2n) is 6.31. The number of aliphatic hydroxyl groups excluding tert-OH is 1. The predicted octanol–water partition coefficient (Wildman–Crippen LogP) is 1.22. The summed E-state index contributed by atoms with van der Waals surface area (Å²) in [6.45, 7) is 5.29. The fourth-order valence-corrected chi connectivity index (χ4v) is 2.64. The van der Waals surface area contributed by atoms with Gasteiger partial charge in [-0.3, -0.25) is 19.7 Å². The van der Waals surface area contributed by atoms with Crippen molar-refractivity contribution in [3.8, 4) is 5.75 Å². The van der Waals surface area contributed by atoms with Crippen molar-refractivity contribution in [1.29, 1.82) is 0 Å². The summed E-state index contributed by atoms with van der Waals surface area (Å²) in [5, 5.41) is 21.2. The number of nitrogens with two attached hydrogens (primary N) is 1. The van der Waals surface area contributed by atoms with Crippen LogP contribution in [0, 0.1) is 30.9 Å². The number of primary amides is 1. The molecule has 1 aromatic heterocycles. The largest absolute Gasteiger partial charge is 0.490 e. The van der Waals surface area contributed by atoms with Gasteiger partial charge >= 0.3 is 0 Å². The molecule has 0 saturated heterocycles. The van der Waals surface area contributed by atoms with Crippen molar-refractivity contribution in [1.82, 2.24) is 4.57 Å². The van der Waals surface area contributed by atoms with Crippen LogP contribution in [0.5, 0.6) is 5.75 Å². The fraction of sp³-hybridized carbons (Fsp3) is 0.333. The Morgan fingerprint density at radius 3 is 2.56 bits per heavy atom. The summed E-state index contributed by atoms with van der Waals surface area (Å²) < 4.78 is 6.58. The lowest BCUT2D eigenvalue weighted by molar-refractivity contribution is -0.385. The molecule has 0 aliphatic carbocycles. The fourth-order valence-electron chi connectivity index (χ4n) is 2.64. The second kappa shape index (κ2) is 8.00. The number of aromatic nitrogens is 1. The number of aryl methyl sites for hydroxylation is 2. The zero-order valence-corrected chi connectivity index (χ0v) is 15.3. The molecular formula is C18H21N3O6. The van der Waals surface area contributed by atoms with Crippen LogP contribution >= 0.6 is 0 Å². The molecule has 1 atom stereocenters. The lowest BCUT2D eigenvalue weighted by Crippen LogP contribution is -2.34. The van der Waals surface area contributed by atoms with Gasteiger partial charge in [-0.15, -0.1) is 0 Å². The number of carbonyl (C=O) groups is 1. The van der Waals surface area contributed by atoms with Gasteiger partial charge in [0.1, 0.15) is 24.0 Å². The van der Waals surface area contributed by atoms with E-state index in [0.717, 1.165) is 33.5 Å². The maximum atomic E-state index is 12.2. The van der Waals surface area contributed by atoms with Crippen LogP contribution in [0.4, 0.5) is 5.69 Å². The maximum absolute atomic E-state index is 12.2. The first-order chi connectivity index (χ1) is 12.6. The quantitative estimate of drug-likeness (QED) is 0.551. The van der Waals surface area contributed by atoms with Crippen molar-refractivity contribution in [3.63, 3.8) is 0 Å². The number of nitrogens with zero attached hydrogens (tertiary/aromatic N) is 2. The number of aliphatic hydroxyl groups is 1. The molecule has 9 nitrogen and oxygen atoms in total. The molecule has 0 aliphatic heterocycles. The van der Waals surface area contributed by atoms with Crippen molar-refractivity contribution < 1.29 is 19.6 Å². The summed E-state index contributed by atoms with van der Waals surface area (Å²) in [5.74, 6) is -0.438. The summed E-state index contributed by atoms with van der Waals surface area (Å²) in [6, 6.07) is 4.68. The molecule has 0 spiro atoms. The van der Waals surface area contributed by atoms with Crippen LogP contribution in [0.3, 0.4) is 0 Å². The molecular weight excluding hydrogens is 354 g/mol. The third kappa shape index (κ3) is 4.50. The van der Waals surface area contributed by atoms with Crippen molar-refractivity contribution >= 4 is 11.6 Å². The second-order valence-corrected chi connectivity index (χ2v) is 6.31. The number of hydrogen-bond donors (Lipinski definition) is 2. The molecule has 0 aliphatic rings. The number of benzene rings is 1. The van der Waals surface area contributed by atoms with E-state index in [9.17, 15) is 24.8 Å². The van der Waals surface area contributed by atoms with Gasteiger partial charge in [0.25, 0.3) is 17.2 Å². The molecule has 144 valence electrons. The van der Waals surface area contributed by atoms with Crippen molar-refractivity contribution in [2.24, 2.45) is 5.73 Å². The summed E-state index contributed by atoms with van der Waals surface area (Å²) in [5.41, 5.74) is 6.18. The van der Waals surface area contributed by atoms with Crippen LogP contribution in [0.25, 0.3) is 0 Å². The van der Waals surface area contributed by atoms with Crippen LogP contribution < -0.4 is 16.0 Å². The van der Waals surface area contributed by atoms with Gasteiger partial charge in [0.2, 0.25) is 0 Å². The Kier molecular flexibility index (Phi) is 5.96. The number of hydrogen-bond acceptors (Lipinski definition) is 6. The van der Waals surface area contributed by atoms with E-state index in [1.54, 1.807) is 0 Å². The molecule has 1 amide bonds. The van der Waals surface area contributed by atoms with Crippen LogP contribution in [0.2, 0.25) is 0 Å². The predicted molar refractivity (Wildman–Crippen MR) is 98.0 cm³/mol. The minimum atomic E-state index is -1.13. The Morgan fingerprint density at radius 1 is 1.33 bits per heavy atom. The molecule has 27 heavy (non-hydrogen) atoms. The van der Waals surface area contributed by atoms with Crippen molar-refractivity contribution in [3.05, 3.63) is 67.1 Å². The van der Waals surface area contributed by atoms with Crippen LogP contribution in [-0.4, -0.2) is 33.2 Å². The smallest absolute Gasteiger partial charge is 0.286 e. The van der Waals surface area contributed by atoms with Gasteiger partial charge in [0, 0.05) is 6.07 Å². The third-order valence-electron chi connectivity index (χ3n) is 4.25. The van der Waals surface area contributed by atoms with Crippen LogP contribution in [-0.2, 0) is 6.54 Å².